The molecular weight excluding hydrogens is 421 g/mol. The summed E-state index contributed by atoms with van der Waals surface area (Å²) >= 11 is 6.29. The maximum absolute atomic E-state index is 14.7. The molecule has 2 unspecified atom stereocenters. The number of carbonyl (C=O) groups excluding carboxylic acids is 1. The number of oxime groups is 1. The molecule has 8 heteroatoms. The van der Waals surface area contributed by atoms with E-state index in [1.54, 1.807) is 51.1 Å². The van der Waals surface area contributed by atoms with Crippen LogP contribution in [-0.4, -0.2) is 41.8 Å². The lowest BCUT2D eigenvalue weighted by molar-refractivity contribution is -0.146. The van der Waals surface area contributed by atoms with Crippen molar-refractivity contribution >= 4 is 34.7 Å². The summed E-state index contributed by atoms with van der Waals surface area (Å²) in [4.78, 5) is 25.1. The van der Waals surface area contributed by atoms with Crippen molar-refractivity contribution < 1.29 is 18.8 Å². The highest BCUT2D eigenvalue weighted by Gasteiger charge is 2.41. The Labute approximate surface area is 185 Å². The fourth-order valence-corrected chi connectivity index (χ4v) is 3.91. The van der Waals surface area contributed by atoms with Gasteiger partial charge in [0, 0.05) is 21.8 Å². The molecule has 0 radical (unpaired) electrons. The second kappa shape index (κ2) is 7.96. The molecule has 2 aromatic carbocycles. The van der Waals surface area contributed by atoms with E-state index in [1.807, 2.05) is 17.9 Å². The Morgan fingerprint density at radius 2 is 1.97 bits per heavy atom. The number of nitrogens with zero attached hydrogens (tertiary/aromatic N) is 3. The van der Waals surface area contributed by atoms with Crippen molar-refractivity contribution in [2.24, 2.45) is 10.1 Å². The second-order valence-corrected chi connectivity index (χ2v) is 8.87. The number of hydrogen-bond acceptors (Lipinski definition) is 6. The zero-order chi connectivity index (χ0) is 22.3. The minimum Gasteiger partial charge on any atom is -0.455 e. The highest BCUT2D eigenvalue weighted by atomic mass is 35.5. The van der Waals surface area contributed by atoms with E-state index in [9.17, 15) is 9.18 Å². The Hall–Kier alpha value is -2.93. The van der Waals surface area contributed by atoms with Gasteiger partial charge in [-0.2, -0.15) is 0 Å². The number of aliphatic imine (C=N–C) groups is 1. The standard InChI is InChI=1S/C23H23ClFN3O3/c1-13-28-18-10-9-14(24)11-16(18)20(15-7-5-6-8-17(15)25)26-12-19(28)21(27-31-13)22(29)30-23(2,3)4/h5-11,13,19H,12H2,1-4H3. The largest absolute Gasteiger partial charge is 0.455 e. The molecule has 0 amide bonds. The molecule has 0 spiro atoms. The van der Waals surface area contributed by atoms with Gasteiger partial charge in [-0.1, -0.05) is 28.9 Å². The Morgan fingerprint density at radius 3 is 2.68 bits per heavy atom. The van der Waals surface area contributed by atoms with Crippen LogP contribution in [0, 0.1) is 5.82 Å². The summed E-state index contributed by atoms with van der Waals surface area (Å²) in [5.41, 5.74) is 1.62. The van der Waals surface area contributed by atoms with E-state index in [0.717, 1.165) is 5.69 Å². The fraction of sp³-hybridized carbons (Fsp3) is 0.348. The van der Waals surface area contributed by atoms with E-state index < -0.39 is 29.7 Å². The molecule has 6 nitrogen and oxygen atoms in total. The van der Waals surface area contributed by atoms with Crippen LogP contribution in [0.4, 0.5) is 10.1 Å². The summed E-state index contributed by atoms with van der Waals surface area (Å²) in [6.07, 6.45) is -0.480. The molecule has 0 aliphatic carbocycles. The van der Waals surface area contributed by atoms with E-state index >= 15 is 0 Å². The van der Waals surface area contributed by atoms with Crippen molar-refractivity contribution in [3.8, 4) is 0 Å². The van der Waals surface area contributed by atoms with Gasteiger partial charge in [-0.3, -0.25) is 4.99 Å². The van der Waals surface area contributed by atoms with Crippen LogP contribution in [0.15, 0.2) is 52.6 Å². The molecule has 2 aliphatic rings. The predicted octanol–water partition coefficient (Wildman–Crippen LogP) is 4.58. The van der Waals surface area contributed by atoms with Gasteiger partial charge in [0.25, 0.3) is 0 Å². The molecule has 31 heavy (non-hydrogen) atoms. The van der Waals surface area contributed by atoms with Gasteiger partial charge in [-0.25, -0.2) is 9.18 Å². The van der Waals surface area contributed by atoms with Crippen LogP contribution in [0.1, 0.15) is 38.8 Å². The number of fused-ring (bicyclic) bond motifs is 3. The van der Waals surface area contributed by atoms with Crippen LogP contribution in [-0.2, 0) is 14.4 Å². The van der Waals surface area contributed by atoms with Crippen LogP contribution < -0.4 is 4.90 Å². The first kappa shape index (κ1) is 21.3. The minimum absolute atomic E-state index is 0.118. The highest BCUT2D eigenvalue weighted by Crippen LogP contribution is 2.35. The van der Waals surface area contributed by atoms with Crippen LogP contribution in [0.2, 0.25) is 5.02 Å². The number of hydrogen-bond donors (Lipinski definition) is 0. The Morgan fingerprint density at radius 1 is 1.23 bits per heavy atom. The lowest BCUT2D eigenvalue weighted by Gasteiger charge is -2.39. The molecule has 0 fully saturated rings. The summed E-state index contributed by atoms with van der Waals surface area (Å²) in [7, 11) is 0. The zero-order valence-electron chi connectivity index (χ0n) is 17.7. The number of esters is 1. The smallest absolute Gasteiger partial charge is 0.358 e. The molecule has 4 rings (SSSR count). The van der Waals surface area contributed by atoms with Crippen molar-refractivity contribution in [1.82, 2.24) is 0 Å². The summed E-state index contributed by atoms with van der Waals surface area (Å²) < 4.78 is 20.2. The van der Waals surface area contributed by atoms with Gasteiger partial charge >= 0.3 is 5.97 Å². The lowest BCUT2D eigenvalue weighted by atomic mass is 9.99. The Kier molecular flexibility index (Phi) is 5.47. The van der Waals surface area contributed by atoms with Gasteiger partial charge in [0.1, 0.15) is 17.5 Å². The molecule has 0 saturated carbocycles. The molecule has 0 N–H and O–H groups in total. The van der Waals surface area contributed by atoms with Crippen LogP contribution >= 0.6 is 11.6 Å². The Bertz CT molecular complexity index is 1090. The molecule has 2 atom stereocenters. The topological polar surface area (TPSA) is 63.5 Å². The van der Waals surface area contributed by atoms with E-state index in [0.29, 0.717) is 21.9 Å². The van der Waals surface area contributed by atoms with Crippen LogP contribution in [0.25, 0.3) is 0 Å². The maximum atomic E-state index is 14.7. The number of halogens is 2. The fourth-order valence-electron chi connectivity index (χ4n) is 3.74. The highest BCUT2D eigenvalue weighted by molar-refractivity contribution is 6.39. The second-order valence-electron chi connectivity index (χ2n) is 8.44. The molecule has 2 aliphatic heterocycles. The molecule has 162 valence electrons. The SMILES string of the molecule is CC1ON=C(C(=O)OC(C)(C)C)C2CN=C(c3ccccc3F)c3cc(Cl)ccc3N12. The number of rotatable bonds is 2. The van der Waals surface area contributed by atoms with Gasteiger partial charge in [0.2, 0.25) is 0 Å². The van der Waals surface area contributed by atoms with Gasteiger partial charge in [-0.05, 0) is 58.0 Å². The molecular formula is C23H23ClFN3O3. The van der Waals surface area contributed by atoms with Crippen molar-refractivity contribution in [3.63, 3.8) is 0 Å². The van der Waals surface area contributed by atoms with E-state index in [2.05, 4.69) is 5.16 Å². The first-order valence-electron chi connectivity index (χ1n) is 10.0. The molecule has 0 bridgehead atoms. The van der Waals surface area contributed by atoms with Gasteiger partial charge < -0.3 is 14.5 Å². The van der Waals surface area contributed by atoms with Gasteiger partial charge in [0.15, 0.2) is 11.9 Å². The number of carbonyl (C=O) groups is 1. The first-order chi connectivity index (χ1) is 14.7. The van der Waals surface area contributed by atoms with Gasteiger partial charge in [-0.15, -0.1) is 0 Å². The monoisotopic (exact) mass is 443 g/mol. The number of benzene rings is 2. The van der Waals surface area contributed by atoms with Crippen molar-refractivity contribution in [3.05, 3.63) is 64.4 Å². The third kappa shape index (κ3) is 4.14. The summed E-state index contributed by atoms with van der Waals surface area (Å²) in [5.74, 6) is -0.966. The van der Waals surface area contributed by atoms with E-state index in [-0.39, 0.29) is 12.3 Å². The average Bonchev–Trinajstić information content (AvgIpc) is 2.85. The van der Waals surface area contributed by atoms with Crippen LogP contribution in [0.3, 0.4) is 0 Å². The van der Waals surface area contributed by atoms with Gasteiger partial charge in [0.05, 0.1) is 12.3 Å². The quantitative estimate of drug-likeness (QED) is 0.637. The third-order valence-electron chi connectivity index (χ3n) is 5.00. The first-order valence-corrected chi connectivity index (χ1v) is 10.4. The Balaban J connectivity index is 1.86. The molecule has 2 aromatic rings. The van der Waals surface area contributed by atoms with Crippen molar-refractivity contribution in [2.45, 2.75) is 45.6 Å². The third-order valence-corrected chi connectivity index (χ3v) is 5.23. The zero-order valence-corrected chi connectivity index (χ0v) is 18.5. The average molecular weight is 444 g/mol. The maximum Gasteiger partial charge on any atom is 0.358 e. The van der Waals surface area contributed by atoms with Crippen molar-refractivity contribution in [1.29, 1.82) is 0 Å². The van der Waals surface area contributed by atoms with E-state index in [4.69, 9.17) is 26.2 Å². The van der Waals surface area contributed by atoms with Crippen LogP contribution in [0.5, 0.6) is 0 Å². The number of anilines is 1. The predicted molar refractivity (Wildman–Crippen MR) is 118 cm³/mol. The van der Waals surface area contributed by atoms with E-state index in [1.165, 1.54) is 6.07 Å². The molecule has 0 saturated heterocycles. The summed E-state index contributed by atoms with van der Waals surface area (Å²) in [5, 5.41) is 4.55. The molecule has 0 aromatic heterocycles. The minimum atomic E-state index is -0.689. The number of ether oxygens (including phenoxy) is 1. The summed E-state index contributed by atoms with van der Waals surface area (Å²) in [6, 6.07) is 11.2. The lowest BCUT2D eigenvalue weighted by Crippen LogP contribution is -2.55. The molecule has 2 heterocycles. The summed E-state index contributed by atoms with van der Waals surface area (Å²) in [6.45, 7) is 7.35. The van der Waals surface area contributed by atoms with Crippen molar-refractivity contribution in [2.75, 3.05) is 11.4 Å². The normalized spacial score (nSPS) is 20.5.